The number of anilines is 2. The predicted molar refractivity (Wildman–Crippen MR) is 137 cm³/mol. The van der Waals surface area contributed by atoms with Crippen LogP contribution in [0.25, 0.3) is 0 Å². The molecule has 0 spiro atoms. The average Bonchev–Trinajstić information content (AvgIpc) is 3.30. The van der Waals surface area contributed by atoms with Crippen molar-refractivity contribution in [3.63, 3.8) is 0 Å². The van der Waals surface area contributed by atoms with Gasteiger partial charge in [-0.1, -0.05) is 24.3 Å². The number of rotatable bonds is 5. The Hall–Kier alpha value is -3.28. The van der Waals surface area contributed by atoms with Crippen LogP contribution in [0.15, 0.2) is 72.8 Å². The van der Waals surface area contributed by atoms with Crippen LogP contribution in [0.3, 0.4) is 0 Å². The Labute approximate surface area is 210 Å². The minimum atomic E-state index is -0.618. The number of nitrogens with zero attached hydrogens (tertiary/aromatic N) is 2. The second kappa shape index (κ2) is 10.00. The van der Waals surface area contributed by atoms with Crippen LogP contribution in [-0.4, -0.2) is 31.0 Å². The van der Waals surface area contributed by atoms with Gasteiger partial charge in [0.15, 0.2) is 0 Å². The van der Waals surface area contributed by atoms with E-state index in [9.17, 15) is 18.0 Å². The number of para-hydroxylation sites is 1. The third kappa shape index (κ3) is 4.73. The molecule has 188 valence electrons. The van der Waals surface area contributed by atoms with Crippen LogP contribution in [-0.2, 0) is 4.79 Å². The zero-order valence-corrected chi connectivity index (χ0v) is 20.6. The molecule has 2 saturated heterocycles. The van der Waals surface area contributed by atoms with Gasteiger partial charge in [-0.2, -0.15) is 0 Å². The quantitative estimate of drug-likeness (QED) is 0.402. The fraction of sp³-hybridized carbons (Fsp3) is 0.367. The van der Waals surface area contributed by atoms with Gasteiger partial charge < -0.3 is 9.80 Å². The number of hydrogen-bond donors (Lipinski definition) is 0. The monoisotopic (exact) mass is 492 g/mol. The van der Waals surface area contributed by atoms with Crippen LogP contribution < -0.4 is 9.80 Å². The highest BCUT2D eigenvalue weighted by atomic mass is 19.1. The Balaban J connectivity index is 1.40. The summed E-state index contributed by atoms with van der Waals surface area (Å²) in [4.78, 5) is 18.4. The first-order valence-electron chi connectivity index (χ1n) is 12.6. The predicted octanol–water partition coefficient (Wildman–Crippen LogP) is 6.59. The number of ketones is 1. The van der Waals surface area contributed by atoms with Crippen molar-refractivity contribution in [2.45, 2.75) is 44.7 Å². The lowest BCUT2D eigenvalue weighted by molar-refractivity contribution is -0.127. The molecule has 0 radical (unpaired) electrons. The van der Waals surface area contributed by atoms with Crippen LogP contribution in [0.1, 0.15) is 38.2 Å². The molecule has 0 amide bonds. The topological polar surface area (TPSA) is 23.6 Å². The van der Waals surface area contributed by atoms with Crippen molar-refractivity contribution in [3.05, 3.63) is 95.8 Å². The average molecular weight is 493 g/mol. The fourth-order valence-corrected chi connectivity index (χ4v) is 6.30. The van der Waals surface area contributed by atoms with Gasteiger partial charge in [0, 0.05) is 60.4 Å². The third-order valence-electron chi connectivity index (χ3n) is 7.90. The maximum Gasteiger partial charge on any atom is 0.141 e. The van der Waals surface area contributed by atoms with Crippen molar-refractivity contribution in [2.24, 2.45) is 11.8 Å². The van der Waals surface area contributed by atoms with Crippen molar-refractivity contribution in [1.82, 2.24) is 0 Å². The van der Waals surface area contributed by atoms with E-state index in [2.05, 4.69) is 23.6 Å². The van der Waals surface area contributed by atoms with Crippen LogP contribution >= 0.6 is 0 Å². The smallest absolute Gasteiger partial charge is 0.141 e. The van der Waals surface area contributed by atoms with Gasteiger partial charge in [-0.3, -0.25) is 4.79 Å². The molecule has 2 fully saturated rings. The molecule has 3 nitrogen and oxygen atoms in total. The van der Waals surface area contributed by atoms with Gasteiger partial charge in [0.1, 0.15) is 23.2 Å². The Kier molecular flexibility index (Phi) is 6.78. The number of halogens is 3. The Morgan fingerprint density at radius 1 is 0.778 bits per heavy atom. The van der Waals surface area contributed by atoms with E-state index in [1.807, 2.05) is 30.3 Å². The van der Waals surface area contributed by atoms with Crippen LogP contribution in [0.4, 0.5) is 24.5 Å². The SMILES string of the molecule is C[C@@H]1CC(C(=O)[C@H]2CN(c3ccccc3)C[C@@H]2c2ccc(F)cc2F)C[C@H](C)N1c1ccc(F)cc1. The summed E-state index contributed by atoms with van der Waals surface area (Å²) in [5.74, 6) is -2.22. The van der Waals surface area contributed by atoms with Gasteiger partial charge in [0.2, 0.25) is 0 Å². The van der Waals surface area contributed by atoms with E-state index in [1.165, 1.54) is 24.3 Å². The van der Waals surface area contributed by atoms with Crippen LogP contribution in [0.5, 0.6) is 0 Å². The molecule has 0 N–H and O–H groups in total. The summed E-state index contributed by atoms with van der Waals surface area (Å²) in [5, 5.41) is 0. The lowest BCUT2D eigenvalue weighted by Crippen LogP contribution is -2.49. The molecule has 2 aliphatic rings. The molecule has 2 aliphatic heterocycles. The number of piperidine rings is 1. The summed E-state index contributed by atoms with van der Waals surface area (Å²) < 4.78 is 42.0. The van der Waals surface area contributed by atoms with Crippen LogP contribution in [0, 0.1) is 29.3 Å². The maximum atomic E-state index is 14.9. The summed E-state index contributed by atoms with van der Waals surface area (Å²) in [6.45, 7) is 5.20. The second-order valence-corrected chi connectivity index (χ2v) is 10.3. The van der Waals surface area contributed by atoms with E-state index in [-0.39, 0.29) is 41.4 Å². The molecular formula is C30H31F3N2O. The van der Waals surface area contributed by atoms with Crippen molar-refractivity contribution >= 4 is 17.2 Å². The minimum absolute atomic E-state index is 0.0980. The minimum Gasteiger partial charge on any atom is -0.370 e. The van der Waals surface area contributed by atoms with Crippen molar-refractivity contribution in [1.29, 1.82) is 0 Å². The molecule has 0 bridgehead atoms. The maximum absolute atomic E-state index is 14.9. The molecule has 5 atom stereocenters. The molecule has 2 heterocycles. The van der Waals surface area contributed by atoms with Gasteiger partial charge in [0.25, 0.3) is 0 Å². The van der Waals surface area contributed by atoms with Crippen molar-refractivity contribution in [2.75, 3.05) is 22.9 Å². The highest BCUT2D eigenvalue weighted by molar-refractivity contribution is 5.86. The number of Topliss-reactive ketones (excluding diaryl/α,β-unsaturated/α-hetero) is 1. The van der Waals surface area contributed by atoms with Crippen molar-refractivity contribution < 1.29 is 18.0 Å². The van der Waals surface area contributed by atoms with E-state index < -0.39 is 11.6 Å². The number of benzene rings is 3. The summed E-state index contributed by atoms with van der Waals surface area (Å²) in [5.41, 5.74) is 2.34. The fourth-order valence-electron chi connectivity index (χ4n) is 6.30. The first-order valence-corrected chi connectivity index (χ1v) is 12.6. The Morgan fingerprint density at radius 3 is 2.06 bits per heavy atom. The molecule has 3 aromatic rings. The van der Waals surface area contributed by atoms with Gasteiger partial charge >= 0.3 is 0 Å². The summed E-state index contributed by atoms with van der Waals surface area (Å²) in [7, 11) is 0. The molecular weight excluding hydrogens is 461 g/mol. The molecule has 0 aliphatic carbocycles. The Bertz CT molecular complexity index is 1200. The first-order chi connectivity index (χ1) is 17.3. The van der Waals surface area contributed by atoms with Gasteiger partial charge in [-0.25, -0.2) is 13.2 Å². The van der Waals surface area contributed by atoms with Gasteiger partial charge in [-0.15, -0.1) is 0 Å². The van der Waals surface area contributed by atoms with E-state index in [1.54, 1.807) is 12.1 Å². The van der Waals surface area contributed by atoms with Gasteiger partial charge in [0.05, 0.1) is 0 Å². The summed E-state index contributed by atoms with van der Waals surface area (Å²) in [6, 6.07) is 20.2. The van der Waals surface area contributed by atoms with Crippen molar-refractivity contribution in [3.8, 4) is 0 Å². The highest BCUT2D eigenvalue weighted by Crippen LogP contribution is 2.41. The molecule has 36 heavy (non-hydrogen) atoms. The molecule has 6 heteroatoms. The highest BCUT2D eigenvalue weighted by Gasteiger charge is 2.44. The molecule has 3 aromatic carbocycles. The number of carbonyl (C=O) groups excluding carboxylic acids is 1. The standard InChI is InChI=1S/C30H31F3N2O/c1-19-14-21(15-20(2)35(19)25-11-8-22(31)9-12-25)30(36)28-18-34(24-6-4-3-5-7-24)17-27(28)26-13-10-23(32)16-29(26)33/h3-13,16,19-21,27-28H,14-15,17-18H2,1-2H3/t19-,20+,21?,27-,28+/m1/s1. The Morgan fingerprint density at radius 2 is 1.42 bits per heavy atom. The molecule has 5 rings (SSSR count). The summed E-state index contributed by atoms with van der Waals surface area (Å²) in [6.07, 6.45) is 1.36. The molecule has 0 aromatic heterocycles. The van der Waals surface area contributed by atoms with E-state index in [4.69, 9.17) is 0 Å². The molecule has 1 unspecified atom stereocenters. The first kappa shape index (κ1) is 24.4. The van der Waals surface area contributed by atoms with E-state index >= 15 is 0 Å². The largest absolute Gasteiger partial charge is 0.370 e. The number of hydrogen-bond acceptors (Lipinski definition) is 3. The lowest BCUT2D eigenvalue weighted by Gasteiger charge is -2.44. The van der Waals surface area contributed by atoms with E-state index in [0.29, 0.717) is 31.5 Å². The second-order valence-electron chi connectivity index (χ2n) is 10.3. The van der Waals surface area contributed by atoms with Gasteiger partial charge in [-0.05, 0) is 74.7 Å². The normalized spacial score (nSPS) is 26.3. The third-order valence-corrected chi connectivity index (χ3v) is 7.90. The number of carbonyl (C=O) groups is 1. The van der Waals surface area contributed by atoms with Crippen LogP contribution in [0.2, 0.25) is 0 Å². The zero-order chi connectivity index (χ0) is 25.4. The zero-order valence-electron chi connectivity index (χ0n) is 20.6. The molecule has 0 saturated carbocycles. The van der Waals surface area contributed by atoms with E-state index in [0.717, 1.165) is 17.4 Å². The summed E-state index contributed by atoms with van der Waals surface area (Å²) >= 11 is 0. The lowest BCUT2D eigenvalue weighted by atomic mass is 9.75.